The van der Waals surface area contributed by atoms with E-state index in [9.17, 15) is 25.0 Å². The van der Waals surface area contributed by atoms with Gasteiger partial charge in [-0.3, -0.25) is 25.0 Å². The van der Waals surface area contributed by atoms with Gasteiger partial charge in [0.1, 0.15) is 0 Å². The molecule has 8 heteroatoms. The van der Waals surface area contributed by atoms with Crippen molar-refractivity contribution in [1.82, 2.24) is 4.90 Å². The lowest BCUT2D eigenvalue weighted by molar-refractivity contribution is -0.422. The second-order valence-electron chi connectivity index (χ2n) is 6.09. The van der Waals surface area contributed by atoms with Gasteiger partial charge in [-0.15, -0.1) is 0 Å². The minimum Gasteiger partial charge on any atom is -0.342 e. The molecule has 0 bridgehead atoms. The lowest BCUT2D eigenvalue weighted by Gasteiger charge is -2.22. The molecule has 27 heavy (non-hydrogen) atoms. The second kappa shape index (κ2) is 9.42. The molecule has 1 amide bonds. The fourth-order valence-corrected chi connectivity index (χ4v) is 2.89. The third-order valence-corrected chi connectivity index (χ3v) is 4.18. The normalized spacial score (nSPS) is 10.4. The maximum Gasteiger partial charge on any atom is 0.349 e. The monoisotopic (exact) mass is 371 g/mol. The van der Waals surface area contributed by atoms with Crippen molar-refractivity contribution >= 4 is 17.3 Å². The lowest BCUT2D eigenvalue weighted by atomic mass is 10.1. The Morgan fingerprint density at radius 3 is 2.26 bits per heavy atom. The molecule has 0 aliphatic heterocycles. The summed E-state index contributed by atoms with van der Waals surface area (Å²) in [5.41, 5.74) is -0.0697. The van der Waals surface area contributed by atoms with E-state index in [0.29, 0.717) is 19.5 Å². The molecule has 0 unspecified atom stereocenters. The molecule has 2 aromatic carbocycles. The Morgan fingerprint density at radius 2 is 1.67 bits per heavy atom. The molecular weight excluding hydrogens is 350 g/mol. The first kappa shape index (κ1) is 20.0. The third-order valence-electron chi connectivity index (χ3n) is 4.18. The van der Waals surface area contributed by atoms with Gasteiger partial charge in [0, 0.05) is 24.7 Å². The number of amides is 1. The molecular formula is C19H21N3O5. The van der Waals surface area contributed by atoms with E-state index < -0.39 is 21.2 Å². The quantitative estimate of drug-likeness (QED) is 0.495. The van der Waals surface area contributed by atoms with E-state index >= 15 is 0 Å². The molecule has 0 saturated carbocycles. The van der Waals surface area contributed by atoms with E-state index in [4.69, 9.17) is 0 Å². The summed E-state index contributed by atoms with van der Waals surface area (Å²) in [5.74, 6) is -0.281. The molecule has 142 valence electrons. The van der Waals surface area contributed by atoms with Gasteiger partial charge in [-0.05, 0) is 18.4 Å². The summed E-state index contributed by atoms with van der Waals surface area (Å²) in [4.78, 5) is 35.1. The largest absolute Gasteiger partial charge is 0.349 e. The average molecular weight is 371 g/mol. The van der Waals surface area contributed by atoms with E-state index in [0.717, 1.165) is 18.1 Å². The molecule has 0 atom stereocenters. The van der Waals surface area contributed by atoms with Crippen LogP contribution in [0.25, 0.3) is 0 Å². The first-order valence-corrected chi connectivity index (χ1v) is 8.66. The highest BCUT2D eigenvalue weighted by molar-refractivity contribution is 5.81. The smallest absolute Gasteiger partial charge is 0.342 e. The zero-order valence-electron chi connectivity index (χ0n) is 15.0. The number of hydrogen-bond acceptors (Lipinski definition) is 5. The molecule has 2 rings (SSSR count). The van der Waals surface area contributed by atoms with Gasteiger partial charge >= 0.3 is 11.4 Å². The maximum absolute atomic E-state index is 12.7. The first-order chi connectivity index (χ1) is 12.9. The van der Waals surface area contributed by atoms with Crippen LogP contribution in [0.2, 0.25) is 0 Å². The fourth-order valence-electron chi connectivity index (χ4n) is 2.89. The van der Waals surface area contributed by atoms with Gasteiger partial charge in [0.05, 0.1) is 16.3 Å². The van der Waals surface area contributed by atoms with E-state index in [1.165, 1.54) is 12.1 Å². The van der Waals surface area contributed by atoms with Crippen LogP contribution in [0.4, 0.5) is 11.4 Å². The highest BCUT2D eigenvalue weighted by atomic mass is 16.6. The molecule has 0 radical (unpaired) electrons. The molecule has 0 aliphatic carbocycles. The summed E-state index contributed by atoms with van der Waals surface area (Å²) in [5, 5.41) is 22.4. The number of nitro groups is 2. The van der Waals surface area contributed by atoms with Crippen molar-refractivity contribution in [2.45, 2.75) is 26.2 Å². The maximum atomic E-state index is 12.7. The van der Waals surface area contributed by atoms with Gasteiger partial charge in [0.2, 0.25) is 5.91 Å². The lowest BCUT2D eigenvalue weighted by Crippen LogP contribution is -2.35. The zero-order chi connectivity index (χ0) is 19.8. The third kappa shape index (κ3) is 5.34. The minimum absolute atomic E-state index is 0.0556. The number of hydrogen-bond donors (Lipinski definition) is 0. The summed E-state index contributed by atoms with van der Waals surface area (Å²) < 4.78 is 0. The van der Waals surface area contributed by atoms with Crippen molar-refractivity contribution in [3.05, 3.63) is 79.9 Å². The molecule has 0 aliphatic rings. The van der Waals surface area contributed by atoms with Gasteiger partial charge < -0.3 is 4.90 Å². The fraction of sp³-hybridized carbons (Fsp3) is 0.316. The molecule has 2 aromatic rings. The van der Waals surface area contributed by atoms with E-state index in [-0.39, 0.29) is 17.9 Å². The van der Waals surface area contributed by atoms with Crippen LogP contribution < -0.4 is 0 Å². The Labute approximate surface area is 156 Å². The number of nitro benzene ring substituents is 2. The molecule has 8 nitrogen and oxygen atoms in total. The molecule has 0 heterocycles. The Balaban J connectivity index is 2.18. The highest BCUT2D eigenvalue weighted by Gasteiger charge is 2.29. The van der Waals surface area contributed by atoms with Crippen molar-refractivity contribution in [1.29, 1.82) is 0 Å². The van der Waals surface area contributed by atoms with Gasteiger partial charge in [-0.2, -0.15) is 0 Å². The van der Waals surface area contributed by atoms with E-state index in [2.05, 4.69) is 0 Å². The van der Waals surface area contributed by atoms with Crippen LogP contribution in [-0.4, -0.2) is 33.7 Å². The van der Waals surface area contributed by atoms with Gasteiger partial charge in [0.15, 0.2) is 0 Å². The van der Waals surface area contributed by atoms with Crippen molar-refractivity contribution in [3.8, 4) is 0 Å². The summed E-state index contributed by atoms with van der Waals surface area (Å²) in [6.07, 6.45) is 1.17. The van der Waals surface area contributed by atoms with Gasteiger partial charge in [-0.1, -0.05) is 49.4 Å². The number of benzene rings is 2. The number of carbonyl (C=O) groups excluding carboxylic acids is 1. The number of nitrogens with zero attached hydrogens (tertiary/aromatic N) is 3. The van der Waals surface area contributed by atoms with Crippen LogP contribution in [0.5, 0.6) is 0 Å². The molecule has 0 saturated heterocycles. The zero-order valence-corrected chi connectivity index (χ0v) is 15.0. The minimum atomic E-state index is -0.800. The molecule has 0 spiro atoms. The predicted octanol–water partition coefficient (Wildman–Crippen LogP) is 3.53. The van der Waals surface area contributed by atoms with E-state index in [1.807, 2.05) is 37.3 Å². The Kier molecular flexibility index (Phi) is 6.99. The predicted molar refractivity (Wildman–Crippen MR) is 100 cm³/mol. The average Bonchev–Trinajstić information content (AvgIpc) is 2.65. The Bertz CT molecular complexity index is 823. The van der Waals surface area contributed by atoms with Crippen LogP contribution in [0.1, 0.15) is 24.5 Å². The number of rotatable bonds is 9. The second-order valence-corrected chi connectivity index (χ2v) is 6.09. The van der Waals surface area contributed by atoms with Crippen LogP contribution >= 0.6 is 0 Å². The van der Waals surface area contributed by atoms with Crippen molar-refractivity contribution in [3.63, 3.8) is 0 Å². The van der Waals surface area contributed by atoms with Crippen LogP contribution in [0.15, 0.2) is 48.5 Å². The standard InChI is InChI=1S/C19H21N3O5/c1-2-12-20(13-11-15-7-4-3-5-8-15)18(23)14-16-9-6-10-17(21(24)25)19(16)22(26)27/h3-10H,2,11-14H2,1H3. The molecule has 0 fully saturated rings. The number of para-hydroxylation sites is 1. The van der Waals surface area contributed by atoms with Gasteiger partial charge in [-0.25, -0.2) is 0 Å². The van der Waals surface area contributed by atoms with E-state index in [1.54, 1.807) is 4.90 Å². The molecule has 0 N–H and O–H groups in total. The Morgan fingerprint density at radius 1 is 0.963 bits per heavy atom. The highest BCUT2D eigenvalue weighted by Crippen LogP contribution is 2.31. The number of carbonyl (C=O) groups is 1. The summed E-state index contributed by atoms with van der Waals surface area (Å²) >= 11 is 0. The van der Waals surface area contributed by atoms with Crippen LogP contribution in [0, 0.1) is 20.2 Å². The van der Waals surface area contributed by atoms with Crippen LogP contribution in [-0.2, 0) is 17.6 Å². The SMILES string of the molecule is CCCN(CCc1ccccc1)C(=O)Cc1cccc([N+](=O)[O-])c1[N+](=O)[O-]. The molecule has 0 aromatic heterocycles. The summed E-state index contributed by atoms with van der Waals surface area (Å²) in [6.45, 7) is 2.95. The summed E-state index contributed by atoms with van der Waals surface area (Å²) in [7, 11) is 0. The van der Waals surface area contributed by atoms with Gasteiger partial charge in [0.25, 0.3) is 0 Å². The Hall–Kier alpha value is -3.29. The van der Waals surface area contributed by atoms with Crippen molar-refractivity contribution in [2.75, 3.05) is 13.1 Å². The summed E-state index contributed by atoms with van der Waals surface area (Å²) in [6, 6.07) is 13.5. The first-order valence-electron chi connectivity index (χ1n) is 8.66. The van der Waals surface area contributed by atoms with Crippen molar-refractivity contribution in [2.24, 2.45) is 0 Å². The topological polar surface area (TPSA) is 107 Å². The van der Waals surface area contributed by atoms with Crippen molar-refractivity contribution < 1.29 is 14.6 Å². The van der Waals surface area contributed by atoms with Crippen LogP contribution in [0.3, 0.4) is 0 Å².